The summed E-state index contributed by atoms with van der Waals surface area (Å²) in [5, 5.41) is 18.3. The Morgan fingerprint density at radius 2 is 2.26 bits per heavy atom. The van der Waals surface area contributed by atoms with Crippen molar-refractivity contribution in [3.05, 3.63) is 57.4 Å². The SMILES string of the molecule is Cn1ncc2c1CCC[C@H]2NC(=O)Cc1ccccc1[N+](=O)[O-]. The fraction of sp³-hybridized carbons (Fsp3) is 0.375. The van der Waals surface area contributed by atoms with Crippen LogP contribution in [0.1, 0.15) is 35.7 Å². The predicted molar refractivity (Wildman–Crippen MR) is 83.8 cm³/mol. The highest BCUT2D eigenvalue weighted by Crippen LogP contribution is 2.29. The van der Waals surface area contributed by atoms with Gasteiger partial charge in [0.2, 0.25) is 5.91 Å². The normalized spacial score (nSPS) is 16.7. The van der Waals surface area contributed by atoms with E-state index in [1.807, 2.05) is 11.7 Å². The number of carbonyl (C=O) groups is 1. The first-order valence-electron chi connectivity index (χ1n) is 7.58. The summed E-state index contributed by atoms with van der Waals surface area (Å²) in [6, 6.07) is 6.27. The molecule has 0 bridgehead atoms. The van der Waals surface area contributed by atoms with E-state index in [9.17, 15) is 14.9 Å². The first-order chi connectivity index (χ1) is 11.1. The van der Waals surface area contributed by atoms with Crippen LogP contribution in [0.15, 0.2) is 30.5 Å². The maximum absolute atomic E-state index is 12.3. The topological polar surface area (TPSA) is 90.1 Å². The van der Waals surface area contributed by atoms with Crippen LogP contribution in [0.4, 0.5) is 5.69 Å². The van der Waals surface area contributed by atoms with Gasteiger partial charge in [-0.05, 0) is 19.3 Å². The van der Waals surface area contributed by atoms with E-state index in [0.717, 1.165) is 30.5 Å². The second kappa shape index (κ2) is 6.20. The summed E-state index contributed by atoms with van der Waals surface area (Å²) in [5.74, 6) is -0.207. The number of hydrogen-bond acceptors (Lipinski definition) is 4. The molecule has 1 aromatic carbocycles. The van der Waals surface area contributed by atoms with E-state index in [0.29, 0.717) is 5.56 Å². The molecule has 1 atom stereocenters. The van der Waals surface area contributed by atoms with E-state index in [1.165, 1.54) is 6.07 Å². The van der Waals surface area contributed by atoms with Crippen molar-refractivity contribution in [2.75, 3.05) is 0 Å². The molecule has 23 heavy (non-hydrogen) atoms. The molecule has 0 fully saturated rings. The Labute approximate surface area is 133 Å². The van der Waals surface area contributed by atoms with Gasteiger partial charge in [0.05, 0.1) is 23.6 Å². The third kappa shape index (κ3) is 3.08. The highest BCUT2D eigenvalue weighted by molar-refractivity contribution is 5.80. The Kier molecular flexibility index (Phi) is 4.10. The highest BCUT2D eigenvalue weighted by Gasteiger charge is 2.25. The van der Waals surface area contributed by atoms with Gasteiger partial charge in [0.15, 0.2) is 0 Å². The molecule has 7 nitrogen and oxygen atoms in total. The van der Waals surface area contributed by atoms with Crippen molar-refractivity contribution in [2.24, 2.45) is 7.05 Å². The second-order valence-electron chi connectivity index (χ2n) is 5.75. The van der Waals surface area contributed by atoms with E-state index in [4.69, 9.17) is 0 Å². The fourth-order valence-electron chi connectivity index (χ4n) is 3.11. The monoisotopic (exact) mass is 314 g/mol. The number of aromatic nitrogens is 2. The van der Waals surface area contributed by atoms with Gasteiger partial charge in [0.1, 0.15) is 0 Å². The number of hydrogen-bond donors (Lipinski definition) is 1. The van der Waals surface area contributed by atoms with Crippen molar-refractivity contribution >= 4 is 11.6 Å². The first kappa shape index (κ1) is 15.2. The summed E-state index contributed by atoms with van der Waals surface area (Å²) >= 11 is 0. The van der Waals surface area contributed by atoms with E-state index < -0.39 is 4.92 Å². The Hall–Kier alpha value is -2.70. The standard InChI is InChI=1S/C16H18N4O3/c1-19-15-8-4-6-13(12(15)10-17-19)18-16(21)9-11-5-2-3-7-14(11)20(22)23/h2-3,5,7,10,13H,4,6,8-9H2,1H3,(H,18,21)/t13-/m1/s1. The van der Waals surface area contributed by atoms with Gasteiger partial charge < -0.3 is 5.32 Å². The second-order valence-corrected chi connectivity index (χ2v) is 5.75. The number of rotatable bonds is 4. The van der Waals surface area contributed by atoms with Crippen LogP contribution < -0.4 is 5.32 Å². The van der Waals surface area contributed by atoms with Crippen molar-refractivity contribution < 1.29 is 9.72 Å². The Bertz CT molecular complexity index is 754. The summed E-state index contributed by atoms with van der Waals surface area (Å²) < 4.78 is 1.84. The van der Waals surface area contributed by atoms with Crippen LogP contribution >= 0.6 is 0 Å². The lowest BCUT2D eigenvalue weighted by molar-refractivity contribution is -0.385. The molecule has 0 radical (unpaired) electrons. The molecular weight excluding hydrogens is 296 g/mol. The predicted octanol–water partition coefficient (Wildman–Crippen LogP) is 2.06. The molecule has 0 spiro atoms. The lowest BCUT2D eigenvalue weighted by Crippen LogP contribution is -2.32. The minimum Gasteiger partial charge on any atom is -0.349 e. The van der Waals surface area contributed by atoms with Crippen LogP contribution in [0, 0.1) is 10.1 Å². The number of carbonyl (C=O) groups excluding carboxylic acids is 1. The number of nitrogens with zero attached hydrogens (tertiary/aromatic N) is 3. The number of nitro benzene ring substituents is 1. The van der Waals surface area contributed by atoms with Gasteiger partial charge in [-0.25, -0.2) is 0 Å². The highest BCUT2D eigenvalue weighted by atomic mass is 16.6. The van der Waals surface area contributed by atoms with Crippen molar-refractivity contribution in [1.82, 2.24) is 15.1 Å². The Morgan fingerprint density at radius 3 is 3.04 bits per heavy atom. The van der Waals surface area contributed by atoms with Gasteiger partial charge in [0.25, 0.3) is 5.69 Å². The van der Waals surface area contributed by atoms with E-state index in [1.54, 1.807) is 24.4 Å². The van der Waals surface area contributed by atoms with Crippen LogP contribution in [-0.4, -0.2) is 20.6 Å². The zero-order valence-corrected chi connectivity index (χ0v) is 12.9. The third-order valence-corrected chi connectivity index (χ3v) is 4.25. The van der Waals surface area contributed by atoms with Crippen LogP contribution in [0.3, 0.4) is 0 Å². The average Bonchev–Trinajstić information content (AvgIpc) is 2.90. The van der Waals surface area contributed by atoms with E-state index in [-0.39, 0.29) is 24.1 Å². The maximum atomic E-state index is 12.3. The molecule has 0 saturated heterocycles. The molecule has 1 aromatic heterocycles. The number of nitro groups is 1. The van der Waals surface area contributed by atoms with Crippen molar-refractivity contribution in [2.45, 2.75) is 31.7 Å². The molecule has 0 unspecified atom stereocenters. The van der Waals surface area contributed by atoms with E-state index in [2.05, 4.69) is 10.4 Å². The summed E-state index contributed by atoms with van der Waals surface area (Å²) in [4.78, 5) is 22.9. The van der Waals surface area contributed by atoms with Gasteiger partial charge in [-0.2, -0.15) is 5.10 Å². The van der Waals surface area contributed by atoms with Crippen LogP contribution in [0.5, 0.6) is 0 Å². The zero-order valence-electron chi connectivity index (χ0n) is 12.9. The van der Waals surface area contributed by atoms with Crippen LogP contribution in [-0.2, 0) is 24.7 Å². The van der Waals surface area contributed by atoms with Crippen molar-refractivity contribution in [1.29, 1.82) is 0 Å². The van der Waals surface area contributed by atoms with Crippen LogP contribution in [0.2, 0.25) is 0 Å². The fourth-order valence-corrected chi connectivity index (χ4v) is 3.11. The minimum atomic E-state index is -0.456. The molecule has 1 aliphatic rings. The van der Waals surface area contributed by atoms with Crippen molar-refractivity contribution in [3.8, 4) is 0 Å². The largest absolute Gasteiger partial charge is 0.349 e. The number of benzene rings is 1. The number of amides is 1. The molecule has 1 aliphatic carbocycles. The number of aryl methyl sites for hydroxylation is 1. The molecule has 3 rings (SSSR count). The number of para-hydroxylation sites is 1. The lowest BCUT2D eigenvalue weighted by Gasteiger charge is -2.23. The third-order valence-electron chi connectivity index (χ3n) is 4.25. The number of fused-ring (bicyclic) bond motifs is 1. The van der Waals surface area contributed by atoms with Gasteiger partial charge in [-0.3, -0.25) is 19.6 Å². The Balaban J connectivity index is 1.73. The summed E-state index contributed by atoms with van der Waals surface area (Å²) in [7, 11) is 1.90. The van der Waals surface area contributed by atoms with Crippen molar-refractivity contribution in [3.63, 3.8) is 0 Å². The molecule has 120 valence electrons. The smallest absolute Gasteiger partial charge is 0.273 e. The molecule has 7 heteroatoms. The molecule has 1 heterocycles. The summed E-state index contributed by atoms with van der Waals surface area (Å²) in [6.07, 6.45) is 4.61. The molecule has 2 aromatic rings. The molecule has 1 N–H and O–H groups in total. The summed E-state index contributed by atoms with van der Waals surface area (Å²) in [5.41, 5.74) is 2.60. The average molecular weight is 314 g/mol. The minimum absolute atomic E-state index is 0.00322. The first-order valence-corrected chi connectivity index (χ1v) is 7.58. The quantitative estimate of drug-likeness (QED) is 0.691. The molecule has 0 saturated carbocycles. The summed E-state index contributed by atoms with van der Waals surface area (Å²) in [6.45, 7) is 0. The number of nitrogens with one attached hydrogen (secondary N) is 1. The van der Waals surface area contributed by atoms with Crippen LogP contribution in [0.25, 0.3) is 0 Å². The Morgan fingerprint density at radius 1 is 1.48 bits per heavy atom. The van der Waals surface area contributed by atoms with Gasteiger partial charge in [-0.1, -0.05) is 18.2 Å². The van der Waals surface area contributed by atoms with Gasteiger partial charge in [-0.15, -0.1) is 0 Å². The van der Waals surface area contributed by atoms with Gasteiger partial charge in [0, 0.05) is 29.9 Å². The van der Waals surface area contributed by atoms with Gasteiger partial charge >= 0.3 is 0 Å². The zero-order chi connectivity index (χ0) is 16.4. The molecular formula is C16H18N4O3. The molecule has 0 aliphatic heterocycles. The lowest BCUT2D eigenvalue weighted by atomic mass is 9.93. The van der Waals surface area contributed by atoms with E-state index >= 15 is 0 Å². The maximum Gasteiger partial charge on any atom is 0.273 e. The molecule has 1 amide bonds.